The summed E-state index contributed by atoms with van der Waals surface area (Å²) in [5.41, 5.74) is 2.67. The highest BCUT2D eigenvalue weighted by Crippen LogP contribution is 2.42. The molecule has 0 saturated carbocycles. The van der Waals surface area contributed by atoms with Crippen LogP contribution in [0.15, 0.2) is 88.9 Å². The van der Waals surface area contributed by atoms with Gasteiger partial charge in [0.2, 0.25) is 0 Å². The summed E-state index contributed by atoms with van der Waals surface area (Å²) in [7, 11) is 1.58. The Morgan fingerprint density at radius 3 is 2.50 bits per heavy atom. The summed E-state index contributed by atoms with van der Waals surface area (Å²) in [6.45, 7) is -4.00. The number of halogens is 2. The molecule has 2 aliphatic heterocycles. The Morgan fingerprint density at radius 2 is 1.75 bits per heavy atom. The molecule has 0 aliphatic carbocycles. The van der Waals surface area contributed by atoms with Crippen molar-refractivity contribution >= 4 is 30.1 Å². The fraction of sp³-hybridized carbons (Fsp3) is 0.0455. The van der Waals surface area contributed by atoms with Crippen molar-refractivity contribution in [3.05, 3.63) is 89.9 Å². The Balaban J connectivity index is 0.00000245. The maximum atomic E-state index is 15.0. The Kier molecular flexibility index (Phi) is 5.23. The van der Waals surface area contributed by atoms with Gasteiger partial charge in [0.05, 0.1) is 24.1 Å². The normalized spacial score (nSPS) is 15.9. The smallest absolute Gasteiger partial charge is 0.507 e. The molecule has 0 unspecified atom stereocenters. The fourth-order valence-corrected chi connectivity index (χ4v) is 3.85. The van der Waals surface area contributed by atoms with E-state index in [-0.39, 0.29) is 11.2 Å². The molecule has 32 heavy (non-hydrogen) atoms. The first-order chi connectivity index (χ1) is 15.0. The minimum atomic E-state index is -4.00. The third-order valence-corrected chi connectivity index (χ3v) is 5.34. The number of hydrogen-bond donors (Lipinski definition) is 1. The molecule has 5 rings (SSSR count). The van der Waals surface area contributed by atoms with Crippen LogP contribution in [0.1, 0.15) is 11.3 Å². The number of ether oxygens (including phenoxy) is 1. The minimum absolute atomic E-state index is 0. The quantitative estimate of drug-likeness (QED) is 0.484. The highest BCUT2D eigenvalue weighted by atomic mass is 19.2. The number of hydrogen-bond acceptors (Lipinski definition) is 4. The van der Waals surface area contributed by atoms with Gasteiger partial charge >= 0.3 is 6.97 Å². The third kappa shape index (κ3) is 3.30. The monoisotopic (exact) mass is 436 g/mol. The van der Waals surface area contributed by atoms with E-state index in [0.717, 1.165) is 8.96 Å². The number of phenols is 1. The van der Waals surface area contributed by atoms with Crippen LogP contribution >= 0.6 is 0 Å². The van der Waals surface area contributed by atoms with Gasteiger partial charge in [0, 0.05) is 23.4 Å². The van der Waals surface area contributed by atoms with Gasteiger partial charge in [0.1, 0.15) is 17.7 Å². The van der Waals surface area contributed by atoms with Crippen molar-refractivity contribution in [2.75, 3.05) is 7.11 Å². The number of aromatic nitrogens is 1. The van der Waals surface area contributed by atoms with E-state index in [2.05, 4.69) is 10.2 Å². The van der Waals surface area contributed by atoms with Crippen molar-refractivity contribution in [1.29, 1.82) is 0 Å². The van der Waals surface area contributed by atoms with Crippen LogP contribution in [-0.2, 0) is 0 Å². The molecule has 2 aromatic carbocycles. The molecule has 1 aromatic heterocycles. The van der Waals surface area contributed by atoms with E-state index >= 15 is 0 Å². The number of phenolic OH excluding ortho intramolecular Hbond substituents is 1. The number of methoxy groups -OCH3 is 1. The zero-order chi connectivity index (χ0) is 21.6. The van der Waals surface area contributed by atoms with E-state index < -0.39 is 6.97 Å². The predicted molar refractivity (Wildman–Crippen MR) is 118 cm³/mol. The number of azo groups is 1. The van der Waals surface area contributed by atoms with E-state index in [9.17, 15) is 13.7 Å². The lowest BCUT2D eigenvalue weighted by Crippen LogP contribution is -2.49. The number of rotatable bonds is 4. The van der Waals surface area contributed by atoms with Gasteiger partial charge in [-0.3, -0.25) is 0 Å². The molecule has 0 saturated heterocycles. The van der Waals surface area contributed by atoms with Gasteiger partial charge in [-0.25, -0.2) is 0 Å². The molecule has 0 radical (unpaired) electrons. The number of allylic oxidation sites excluding steroid dienone is 2. The zero-order valence-electron chi connectivity index (χ0n) is 17.0. The molecular formula is C22H19BF2N4O3. The van der Waals surface area contributed by atoms with Gasteiger partial charge in [-0.1, -0.05) is 0 Å². The molecule has 162 valence electrons. The summed E-state index contributed by atoms with van der Waals surface area (Å²) in [5, 5.41) is 19.0. The maximum absolute atomic E-state index is 15.0. The molecule has 3 aromatic rings. The molecule has 0 bridgehead atoms. The van der Waals surface area contributed by atoms with Crippen molar-refractivity contribution in [3.8, 4) is 11.5 Å². The largest absolute Gasteiger partial charge is 0.737 e. The van der Waals surface area contributed by atoms with Crippen LogP contribution in [-0.4, -0.2) is 39.8 Å². The Bertz CT molecular complexity index is 1310. The van der Waals surface area contributed by atoms with Gasteiger partial charge in [-0.15, -0.1) is 0 Å². The number of aromatic hydroxyl groups is 1. The van der Waals surface area contributed by atoms with Crippen molar-refractivity contribution < 1.29 is 28.4 Å². The molecule has 0 fully saturated rings. The van der Waals surface area contributed by atoms with Gasteiger partial charge in [0.25, 0.3) is 0 Å². The zero-order valence-corrected chi connectivity index (χ0v) is 17.0. The van der Waals surface area contributed by atoms with Gasteiger partial charge < -0.3 is 32.9 Å². The van der Waals surface area contributed by atoms with E-state index in [1.807, 2.05) is 0 Å². The number of benzene rings is 2. The van der Waals surface area contributed by atoms with Crippen molar-refractivity contribution in [2.45, 2.75) is 0 Å². The summed E-state index contributed by atoms with van der Waals surface area (Å²) in [5.74, 6) is 0.681. The molecule has 0 atom stereocenters. The summed E-state index contributed by atoms with van der Waals surface area (Å²) in [6, 6.07) is 15.0. The maximum Gasteiger partial charge on any atom is 0.737 e. The predicted octanol–water partition coefficient (Wildman–Crippen LogP) is 4.44. The van der Waals surface area contributed by atoms with Crippen molar-refractivity contribution in [2.24, 2.45) is 10.2 Å². The summed E-state index contributed by atoms with van der Waals surface area (Å²) >= 11 is 0. The summed E-state index contributed by atoms with van der Waals surface area (Å²) in [4.78, 5) is 0. The van der Waals surface area contributed by atoms with Crippen molar-refractivity contribution in [3.63, 3.8) is 0 Å². The van der Waals surface area contributed by atoms with E-state index in [1.54, 1.807) is 67.8 Å². The van der Waals surface area contributed by atoms with E-state index in [4.69, 9.17) is 4.74 Å². The van der Waals surface area contributed by atoms with Gasteiger partial charge in [-0.05, 0) is 60.8 Å². The molecule has 3 heterocycles. The summed E-state index contributed by atoms with van der Waals surface area (Å²) in [6.07, 6.45) is 5.89. The molecule has 3 N–H and O–H groups in total. The fourth-order valence-electron chi connectivity index (χ4n) is 3.85. The second kappa shape index (κ2) is 7.90. The van der Waals surface area contributed by atoms with E-state index in [0.29, 0.717) is 39.7 Å². The molecule has 0 spiro atoms. The Morgan fingerprint density at radius 1 is 1.03 bits per heavy atom. The van der Waals surface area contributed by atoms with Crippen LogP contribution in [0.4, 0.5) is 20.0 Å². The Hall–Kier alpha value is -4.05. The van der Waals surface area contributed by atoms with E-state index in [1.165, 1.54) is 18.5 Å². The molecule has 2 aliphatic rings. The van der Waals surface area contributed by atoms with Crippen LogP contribution in [0.5, 0.6) is 11.5 Å². The Labute approximate surface area is 182 Å². The minimum Gasteiger partial charge on any atom is -0.507 e. The van der Waals surface area contributed by atoms with Crippen LogP contribution in [0, 0.1) is 0 Å². The lowest BCUT2D eigenvalue weighted by molar-refractivity contribution is -0.356. The highest BCUT2D eigenvalue weighted by Gasteiger charge is 2.51. The standard InChI is InChI=1S/C22H17BF2N4O2.H2O/c1-31-17-9-6-15(7-10-17)26-27-16-8-11-21(30)18(14-16)22-19-4-2-12-28(19)23(24,25)29-13-3-5-20(22)29;/h2-14,30H,1H3;1H2. The second-order valence-corrected chi connectivity index (χ2v) is 7.16. The molecule has 7 nitrogen and oxygen atoms in total. The van der Waals surface area contributed by atoms with Crippen LogP contribution < -0.4 is 4.74 Å². The van der Waals surface area contributed by atoms with Gasteiger partial charge in [-0.2, -0.15) is 10.2 Å². The molecule has 10 heteroatoms. The number of fused-ring (bicyclic) bond motifs is 2. The second-order valence-electron chi connectivity index (χ2n) is 7.16. The summed E-state index contributed by atoms with van der Waals surface area (Å²) < 4.78 is 36.9. The first-order valence-electron chi connectivity index (χ1n) is 9.62. The van der Waals surface area contributed by atoms with Crippen LogP contribution in [0.2, 0.25) is 0 Å². The van der Waals surface area contributed by atoms with Crippen LogP contribution in [0.25, 0.3) is 5.57 Å². The first kappa shape index (κ1) is 21.2. The third-order valence-electron chi connectivity index (χ3n) is 5.34. The topological polar surface area (TPSA) is 93.6 Å². The molecular weight excluding hydrogens is 417 g/mol. The van der Waals surface area contributed by atoms with Crippen molar-refractivity contribution in [1.82, 2.24) is 4.48 Å². The average Bonchev–Trinajstić information content (AvgIpc) is 3.46. The van der Waals surface area contributed by atoms with Crippen LogP contribution in [0.3, 0.4) is 0 Å². The first-order valence-corrected chi connectivity index (χ1v) is 9.62. The average molecular weight is 436 g/mol. The van der Waals surface area contributed by atoms with Gasteiger partial charge in [0.15, 0.2) is 5.70 Å². The number of nitrogens with zero attached hydrogens (tertiary/aromatic N) is 4. The lowest BCUT2D eigenvalue weighted by atomic mass is 9.86. The SMILES string of the molecule is COc1ccc(N=Nc2ccc(O)c(C3=C4C=CC=[N+]4[B-](F)(F)n4cccc43)c2)cc1.O. The highest BCUT2D eigenvalue weighted by molar-refractivity contribution is 6.57. The molecule has 0 amide bonds. The lowest BCUT2D eigenvalue weighted by Gasteiger charge is -2.31.